The molecule has 0 heterocycles. The van der Waals surface area contributed by atoms with E-state index in [0.29, 0.717) is 32.8 Å². The van der Waals surface area contributed by atoms with Crippen LogP contribution in [0.5, 0.6) is 5.75 Å². The van der Waals surface area contributed by atoms with Crippen molar-refractivity contribution in [3.05, 3.63) is 124 Å². The quantitative estimate of drug-likeness (QED) is 0.119. The summed E-state index contributed by atoms with van der Waals surface area (Å²) >= 11 is 0. The van der Waals surface area contributed by atoms with Crippen molar-refractivity contribution in [2.24, 2.45) is 0 Å². The molecule has 1 aliphatic rings. The van der Waals surface area contributed by atoms with Gasteiger partial charge in [-0.3, -0.25) is 0 Å². The van der Waals surface area contributed by atoms with Gasteiger partial charge < -0.3 is 18.9 Å². The van der Waals surface area contributed by atoms with Gasteiger partial charge in [-0.2, -0.15) is 0 Å². The number of hydrogen-bond acceptors (Lipinski definition) is 5. The Kier molecular flexibility index (Phi) is 10.4. The van der Waals surface area contributed by atoms with Crippen LogP contribution in [0.25, 0.3) is 23.3 Å². The van der Waals surface area contributed by atoms with Crippen LogP contribution in [-0.2, 0) is 31.8 Å². The minimum Gasteiger partial charge on any atom is -0.491 e. The highest BCUT2D eigenvalue weighted by molar-refractivity contribution is 5.79. The predicted octanol–water partition coefficient (Wildman–Crippen LogP) is 8.10. The lowest BCUT2D eigenvalue weighted by Gasteiger charge is -2.22. The van der Waals surface area contributed by atoms with Crippen LogP contribution in [0.15, 0.2) is 91.0 Å². The summed E-state index contributed by atoms with van der Waals surface area (Å²) in [7, 11) is 0. The first-order valence-electron chi connectivity index (χ1n) is 15.2. The molecule has 0 aliphatic heterocycles. The van der Waals surface area contributed by atoms with Crippen LogP contribution >= 0.6 is 0 Å². The second kappa shape index (κ2) is 14.8. The first-order chi connectivity index (χ1) is 21.1. The van der Waals surface area contributed by atoms with Crippen molar-refractivity contribution >= 4 is 18.1 Å². The molecule has 5 heteroatoms. The van der Waals surface area contributed by atoms with E-state index in [1.807, 2.05) is 37.3 Å². The largest absolute Gasteiger partial charge is 0.491 e. The number of carbonyl (C=O) groups is 1. The van der Waals surface area contributed by atoms with Crippen molar-refractivity contribution in [2.45, 2.75) is 45.8 Å². The first-order valence-corrected chi connectivity index (χ1v) is 15.2. The summed E-state index contributed by atoms with van der Waals surface area (Å²) in [6, 6.07) is 31.5. The lowest BCUT2D eigenvalue weighted by atomic mass is 9.92. The van der Waals surface area contributed by atoms with E-state index >= 15 is 0 Å². The third-order valence-electron chi connectivity index (χ3n) is 7.66. The van der Waals surface area contributed by atoms with Gasteiger partial charge in [0.1, 0.15) is 18.5 Å². The lowest BCUT2D eigenvalue weighted by molar-refractivity contribution is -0.156. The van der Waals surface area contributed by atoms with Gasteiger partial charge in [-0.15, -0.1) is 0 Å². The number of aryl methyl sites for hydroxylation is 1. The van der Waals surface area contributed by atoms with Crippen LogP contribution in [-0.4, -0.2) is 38.5 Å². The van der Waals surface area contributed by atoms with Gasteiger partial charge in [-0.05, 0) is 83.0 Å². The number of rotatable bonds is 13. The van der Waals surface area contributed by atoms with Gasteiger partial charge in [0.2, 0.25) is 0 Å². The molecule has 5 rings (SSSR count). The van der Waals surface area contributed by atoms with Crippen LogP contribution in [0.4, 0.5) is 0 Å². The number of fused-ring (bicyclic) bond motifs is 2. The molecule has 5 nitrogen and oxygen atoms in total. The second-order valence-corrected chi connectivity index (χ2v) is 10.5. The van der Waals surface area contributed by atoms with Gasteiger partial charge in [-0.1, -0.05) is 91.9 Å². The minimum atomic E-state index is -0.609. The van der Waals surface area contributed by atoms with Crippen molar-refractivity contribution < 1.29 is 23.7 Å². The molecule has 0 aromatic heterocycles. The molecule has 43 heavy (non-hydrogen) atoms. The van der Waals surface area contributed by atoms with Gasteiger partial charge in [0.25, 0.3) is 0 Å². The standard InChI is InChI=1S/C38H40O5/c1-4-27-12-15-30-16-17-32-26-31(29-10-8-7-9-11-29)18-21-34(32)37(35(30)24-27)43-23-22-42-33-19-13-28(14-20-33)25-36(40-5-2)38(39)41-6-3/h7-21,24,26,36-37H,4-6,22-23,25H2,1-3H3. The topological polar surface area (TPSA) is 54.0 Å². The van der Waals surface area contributed by atoms with Crippen LogP contribution < -0.4 is 4.74 Å². The van der Waals surface area contributed by atoms with Crippen molar-refractivity contribution in [1.29, 1.82) is 0 Å². The molecule has 0 spiro atoms. The third kappa shape index (κ3) is 7.61. The molecule has 0 saturated carbocycles. The highest BCUT2D eigenvalue weighted by Crippen LogP contribution is 2.38. The summed E-state index contributed by atoms with van der Waals surface area (Å²) < 4.78 is 23.4. The van der Waals surface area contributed by atoms with E-state index in [-0.39, 0.29) is 12.1 Å². The Labute approximate surface area is 255 Å². The average molecular weight is 577 g/mol. The Hall–Kier alpha value is -4.19. The molecule has 0 N–H and O–H groups in total. The fourth-order valence-electron chi connectivity index (χ4n) is 5.43. The Balaban J connectivity index is 1.27. The smallest absolute Gasteiger partial charge is 0.335 e. The molecule has 4 aromatic rings. The monoisotopic (exact) mass is 576 g/mol. The number of ether oxygens (including phenoxy) is 4. The van der Waals surface area contributed by atoms with Crippen molar-refractivity contribution in [2.75, 3.05) is 26.4 Å². The SMILES string of the molecule is CCOC(=O)C(Cc1ccc(OCCOC2c3ccc(-c4ccccc4)cc3C=Cc3ccc(CC)cc32)cc1)OCC. The maximum Gasteiger partial charge on any atom is 0.335 e. The van der Waals surface area contributed by atoms with E-state index in [9.17, 15) is 4.79 Å². The molecule has 0 bridgehead atoms. The van der Waals surface area contributed by atoms with E-state index < -0.39 is 6.10 Å². The zero-order valence-corrected chi connectivity index (χ0v) is 25.3. The maximum absolute atomic E-state index is 12.2. The van der Waals surface area contributed by atoms with E-state index in [2.05, 4.69) is 79.7 Å². The molecule has 0 radical (unpaired) electrons. The van der Waals surface area contributed by atoms with E-state index in [1.165, 1.54) is 27.8 Å². The van der Waals surface area contributed by atoms with Gasteiger partial charge in [0.05, 0.1) is 13.2 Å². The molecular weight excluding hydrogens is 536 g/mol. The highest BCUT2D eigenvalue weighted by Gasteiger charge is 2.24. The van der Waals surface area contributed by atoms with Crippen molar-refractivity contribution in [3.8, 4) is 16.9 Å². The van der Waals surface area contributed by atoms with E-state index in [0.717, 1.165) is 28.9 Å². The maximum atomic E-state index is 12.2. The molecule has 2 unspecified atom stereocenters. The van der Waals surface area contributed by atoms with Gasteiger partial charge in [-0.25, -0.2) is 4.79 Å². The molecule has 0 saturated heterocycles. The zero-order chi connectivity index (χ0) is 30.0. The summed E-state index contributed by atoms with van der Waals surface area (Å²) in [5.41, 5.74) is 9.31. The minimum absolute atomic E-state index is 0.208. The Morgan fingerprint density at radius 3 is 2.23 bits per heavy atom. The van der Waals surface area contributed by atoms with Gasteiger partial charge in [0, 0.05) is 13.0 Å². The van der Waals surface area contributed by atoms with Crippen LogP contribution in [0, 0.1) is 0 Å². The highest BCUT2D eigenvalue weighted by atomic mass is 16.6. The average Bonchev–Trinajstić information content (AvgIpc) is 3.20. The van der Waals surface area contributed by atoms with Crippen LogP contribution in [0.1, 0.15) is 60.3 Å². The van der Waals surface area contributed by atoms with E-state index in [1.54, 1.807) is 6.92 Å². The summed E-state index contributed by atoms with van der Waals surface area (Å²) in [6.07, 6.45) is 5.00. The molecule has 2 atom stereocenters. The summed E-state index contributed by atoms with van der Waals surface area (Å²) in [5.74, 6) is 0.418. The van der Waals surface area contributed by atoms with Crippen molar-refractivity contribution in [1.82, 2.24) is 0 Å². The number of hydrogen-bond donors (Lipinski definition) is 0. The summed E-state index contributed by atoms with van der Waals surface area (Å²) in [5, 5.41) is 0. The van der Waals surface area contributed by atoms with Gasteiger partial charge >= 0.3 is 5.97 Å². The molecule has 1 aliphatic carbocycles. The number of carbonyl (C=O) groups excluding carboxylic acids is 1. The van der Waals surface area contributed by atoms with E-state index in [4.69, 9.17) is 18.9 Å². The second-order valence-electron chi connectivity index (χ2n) is 10.5. The third-order valence-corrected chi connectivity index (χ3v) is 7.66. The Morgan fingerprint density at radius 1 is 0.721 bits per heavy atom. The molecule has 222 valence electrons. The van der Waals surface area contributed by atoms with Gasteiger partial charge in [0.15, 0.2) is 6.10 Å². The lowest BCUT2D eigenvalue weighted by Crippen LogP contribution is -2.28. The Morgan fingerprint density at radius 2 is 1.49 bits per heavy atom. The summed E-state index contributed by atoms with van der Waals surface area (Å²) in [4.78, 5) is 12.2. The zero-order valence-electron chi connectivity index (χ0n) is 25.3. The number of benzene rings is 4. The summed E-state index contributed by atoms with van der Waals surface area (Å²) in [6.45, 7) is 7.47. The van der Waals surface area contributed by atoms with Crippen molar-refractivity contribution in [3.63, 3.8) is 0 Å². The Bertz CT molecular complexity index is 1520. The van der Waals surface area contributed by atoms with Crippen LogP contribution in [0.2, 0.25) is 0 Å². The number of esters is 1. The molecule has 0 fully saturated rings. The molecule has 4 aromatic carbocycles. The predicted molar refractivity (Wildman–Crippen MR) is 172 cm³/mol. The first kappa shape index (κ1) is 30.3. The van der Waals surface area contributed by atoms with Crippen LogP contribution in [0.3, 0.4) is 0 Å². The molecule has 0 amide bonds. The normalized spacial score (nSPS) is 14.3. The fraction of sp³-hybridized carbons (Fsp3) is 0.289. The fourth-order valence-corrected chi connectivity index (χ4v) is 5.43. The molecular formula is C38H40O5.